The minimum absolute atomic E-state index is 0.130. The van der Waals surface area contributed by atoms with E-state index in [0.29, 0.717) is 49.2 Å². The Morgan fingerprint density at radius 2 is 1.80 bits per heavy atom. The van der Waals surface area contributed by atoms with E-state index in [0.717, 1.165) is 30.6 Å². The Morgan fingerprint density at radius 3 is 2.43 bits per heavy atom. The van der Waals surface area contributed by atoms with Gasteiger partial charge in [-0.15, -0.1) is 0 Å². The Morgan fingerprint density at radius 1 is 1.09 bits per heavy atom. The molecule has 2 aromatic rings. The van der Waals surface area contributed by atoms with Crippen LogP contribution in [-0.4, -0.2) is 47.6 Å². The van der Waals surface area contributed by atoms with Gasteiger partial charge in [-0.25, -0.2) is 0 Å². The number of phenolic OH excluding ortho intramolecular Hbond substituents is 1. The number of nitrogens with two attached hydrogens (primary N) is 2. The molecule has 3 fully saturated rings. The highest BCUT2D eigenvalue weighted by Crippen LogP contribution is 2.39. The molecule has 184 valence electrons. The molecule has 7 N–H and O–H groups in total. The van der Waals surface area contributed by atoms with E-state index in [-0.39, 0.29) is 17.7 Å². The Hall–Kier alpha value is -3.45. The topological polar surface area (TPSA) is 117 Å². The number of benzene rings is 2. The van der Waals surface area contributed by atoms with Crippen molar-refractivity contribution in [2.45, 2.75) is 43.2 Å². The Kier molecular flexibility index (Phi) is 6.43. The van der Waals surface area contributed by atoms with E-state index < -0.39 is 5.41 Å². The lowest BCUT2D eigenvalue weighted by Crippen LogP contribution is -2.56. The van der Waals surface area contributed by atoms with Crippen molar-refractivity contribution in [3.63, 3.8) is 0 Å². The molecule has 2 heterocycles. The number of aromatic hydroxyl groups is 1. The summed E-state index contributed by atoms with van der Waals surface area (Å²) in [6, 6.07) is 17.8. The molecule has 0 spiro atoms. The number of carbonyl (C=O) groups excluding carboxylic acids is 1. The SMILES string of the molecule is N/C=C(\C=C(/N)c1ccccc1O)N1CCC(C(=O)NC2CC3CNC2C3)(c2ccccc2)CC1. The van der Waals surface area contributed by atoms with E-state index in [1.807, 2.05) is 24.3 Å². The lowest BCUT2D eigenvalue weighted by atomic mass is 9.71. The fourth-order valence-corrected chi connectivity index (χ4v) is 6.07. The summed E-state index contributed by atoms with van der Waals surface area (Å²) in [5.74, 6) is 0.940. The van der Waals surface area contributed by atoms with Crippen LogP contribution in [0.3, 0.4) is 0 Å². The summed E-state index contributed by atoms with van der Waals surface area (Å²) in [5, 5.41) is 17.1. The quantitative estimate of drug-likeness (QED) is 0.412. The first-order valence-electron chi connectivity index (χ1n) is 12.5. The summed E-state index contributed by atoms with van der Waals surface area (Å²) in [4.78, 5) is 16.0. The summed E-state index contributed by atoms with van der Waals surface area (Å²) >= 11 is 0. The summed E-state index contributed by atoms with van der Waals surface area (Å²) in [6.45, 7) is 2.41. The maximum atomic E-state index is 13.8. The Balaban J connectivity index is 1.34. The molecule has 3 unspecified atom stereocenters. The number of hydrogen-bond donors (Lipinski definition) is 5. The molecule has 35 heavy (non-hydrogen) atoms. The number of nitrogens with zero attached hydrogens (tertiary/aromatic N) is 1. The fourth-order valence-electron chi connectivity index (χ4n) is 6.07. The molecule has 0 radical (unpaired) electrons. The van der Waals surface area contributed by atoms with Gasteiger partial charge in [0.1, 0.15) is 5.75 Å². The van der Waals surface area contributed by atoms with Crippen LogP contribution in [0.4, 0.5) is 0 Å². The third-order valence-electron chi connectivity index (χ3n) is 8.08. The van der Waals surface area contributed by atoms with Crippen molar-refractivity contribution in [3.8, 4) is 5.75 Å². The van der Waals surface area contributed by atoms with Crippen LogP contribution in [0.15, 0.2) is 72.6 Å². The first kappa shape index (κ1) is 23.3. The number of phenols is 1. The zero-order valence-electron chi connectivity index (χ0n) is 20.0. The smallest absolute Gasteiger partial charge is 0.231 e. The van der Waals surface area contributed by atoms with Gasteiger partial charge >= 0.3 is 0 Å². The normalized spacial score (nSPS) is 26.1. The summed E-state index contributed by atoms with van der Waals surface area (Å²) in [6.07, 6.45) is 6.93. The Bertz CT molecular complexity index is 1120. The van der Waals surface area contributed by atoms with Crippen LogP contribution in [0.2, 0.25) is 0 Å². The first-order chi connectivity index (χ1) is 17.0. The number of amides is 1. The standard InChI is InChI=1S/C28H35N5O2/c29-17-21(16-23(30)22-8-4-5-9-26(22)34)33-12-10-28(11-13-33,20-6-2-1-3-7-20)27(35)32-25-15-19-14-24(25)31-18-19/h1-9,16-17,19,24-25,31,34H,10-15,18,29-30H2,(H,32,35)/b21-17+,23-16-. The molecule has 2 bridgehead atoms. The molecule has 3 atom stereocenters. The number of fused-ring (bicyclic) bond motifs is 2. The maximum Gasteiger partial charge on any atom is 0.231 e. The van der Waals surface area contributed by atoms with Crippen LogP contribution >= 0.6 is 0 Å². The second-order valence-electron chi connectivity index (χ2n) is 10.1. The number of hydrogen-bond acceptors (Lipinski definition) is 6. The lowest BCUT2D eigenvalue weighted by molar-refractivity contribution is -0.129. The van der Waals surface area contributed by atoms with Crippen molar-refractivity contribution in [2.75, 3.05) is 19.6 Å². The van der Waals surface area contributed by atoms with Crippen LogP contribution in [0.25, 0.3) is 5.70 Å². The highest BCUT2D eigenvalue weighted by Gasteiger charge is 2.46. The van der Waals surface area contributed by atoms with Gasteiger partial charge in [-0.05, 0) is 61.9 Å². The van der Waals surface area contributed by atoms with Crippen molar-refractivity contribution < 1.29 is 9.90 Å². The molecule has 1 saturated carbocycles. The number of piperidine rings is 2. The number of rotatable bonds is 6. The van der Waals surface area contributed by atoms with Crippen LogP contribution in [0, 0.1) is 5.92 Å². The lowest BCUT2D eigenvalue weighted by Gasteiger charge is -2.43. The predicted octanol–water partition coefficient (Wildman–Crippen LogP) is 2.39. The number of carbonyl (C=O) groups is 1. The van der Waals surface area contributed by atoms with E-state index in [1.165, 1.54) is 0 Å². The molecule has 5 rings (SSSR count). The molecule has 2 saturated heterocycles. The molecule has 1 amide bonds. The molecule has 2 aliphatic heterocycles. The number of nitrogens with one attached hydrogen (secondary N) is 2. The van der Waals surface area contributed by atoms with E-state index in [1.54, 1.807) is 30.5 Å². The van der Waals surface area contributed by atoms with Crippen molar-refractivity contribution >= 4 is 11.6 Å². The minimum Gasteiger partial charge on any atom is -0.507 e. The van der Waals surface area contributed by atoms with Crippen molar-refractivity contribution in [1.82, 2.24) is 15.5 Å². The van der Waals surface area contributed by atoms with Gasteiger partial charge in [0.2, 0.25) is 5.91 Å². The van der Waals surface area contributed by atoms with Gasteiger partial charge in [0.15, 0.2) is 0 Å². The van der Waals surface area contributed by atoms with Crippen molar-refractivity contribution in [1.29, 1.82) is 0 Å². The number of para-hydroxylation sites is 1. The molecule has 7 heteroatoms. The third-order valence-corrected chi connectivity index (χ3v) is 8.08. The zero-order valence-corrected chi connectivity index (χ0v) is 20.0. The van der Waals surface area contributed by atoms with E-state index >= 15 is 0 Å². The fraction of sp³-hybridized carbons (Fsp3) is 0.393. The van der Waals surface area contributed by atoms with Crippen LogP contribution in [0.1, 0.15) is 36.8 Å². The highest BCUT2D eigenvalue weighted by molar-refractivity contribution is 5.89. The van der Waals surface area contributed by atoms with Gasteiger partial charge in [0.25, 0.3) is 0 Å². The average molecular weight is 474 g/mol. The van der Waals surface area contributed by atoms with E-state index in [4.69, 9.17) is 11.5 Å². The molecule has 2 aromatic carbocycles. The maximum absolute atomic E-state index is 13.8. The molecular weight excluding hydrogens is 438 g/mol. The largest absolute Gasteiger partial charge is 0.507 e. The molecule has 7 nitrogen and oxygen atoms in total. The highest BCUT2D eigenvalue weighted by atomic mass is 16.3. The van der Waals surface area contributed by atoms with Gasteiger partial charge in [-0.1, -0.05) is 42.5 Å². The van der Waals surface area contributed by atoms with Gasteiger partial charge < -0.3 is 32.1 Å². The van der Waals surface area contributed by atoms with Crippen molar-refractivity contribution in [2.24, 2.45) is 17.4 Å². The van der Waals surface area contributed by atoms with Crippen LogP contribution < -0.4 is 22.1 Å². The third kappa shape index (κ3) is 4.48. The summed E-state index contributed by atoms with van der Waals surface area (Å²) in [7, 11) is 0. The second-order valence-corrected chi connectivity index (χ2v) is 10.1. The predicted molar refractivity (Wildman–Crippen MR) is 138 cm³/mol. The molecule has 1 aliphatic carbocycles. The monoisotopic (exact) mass is 473 g/mol. The average Bonchev–Trinajstić information content (AvgIpc) is 3.51. The first-order valence-corrected chi connectivity index (χ1v) is 12.5. The van der Waals surface area contributed by atoms with Gasteiger partial charge in [0, 0.05) is 42.6 Å². The zero-order chi connectivity index (χ0) is 24.4. The van der Waals surface area contributed by atoms with Gasteiger partial charge in [0.05, 0.1) is 11.1 Å². The number of allylic oxidation sites excluding steroid dienone is 1. The molecular formula is C28H35N5O2. The van der Waals surface area contributed by atoms with Crippen LogP contribution in [0.5, 0.6) is 5.75 Å². The minimum atomic E-state index is -0.577. The van der Waals surface area contributed by atoms with E-state index in [9.17, 15) is 9.90 Å². The second kappa shape index (κ2) is 9.66. The summed E-state index contributed by atoms with van der Waals surface area (Å²) < 4.78 is 0. The molecule has 0 aromatic heterocycles. The van der Waals surface area contributed by atoms with E-state index in [2.05, 4.69) is 27.7 Å². The summed E-state index contributed by atoms with van der Waals surface area (Å²) in [5.41, 5.74) is 14.6. The number of likely N-dealkylation sites (tertiary alicyclic amines) is 1. The van der Waals surface area contributed by atoms with Gasteiger partial charge in [-0.2, -0.15) is 0 Å². The Labute approximate surface area is 206 Å². The van der Waals surface area contributed by atoms with Crippen LogP contribution in [-0.2, 0) is 10.2 Å². The van der Waals surface area contributed by atoms with Crippen molar-refractivity contribution in [3.05, 3.63) is 83.7 Å². The molecule has 3 aliphatic rings. The van der Waals surface area contributed by atoms with Gasteiger partial charge in [-0.3, -0.25) is 4.79 Å².